The van der Waals surface area contributed by atoms with Crippen molar-refractivity contribution >= 4 is 29.3 Å². The van der Waals surface area contributed by atoms with Gasteiger partial charge in [0.15, 0.2) is 6.29 Å². The Morgan fingerprint density at radius 3 is 2.78 bits per heavy atom. The molecule has 2 aromatic carbocycles. The molecule has 0 radical (unpaired) electrons. The zero-order valence-corrected chi connectivity index (χ0v) is 10.5. The van der Waals surface area contributed by atoms with E-state index in [2.05, 4.69) is 17.0 Å². The molecule has 18 heavy (non-hydrogen) atoms. The first-order chi connectivity index (χ1) is 8.79. The number of nitrogens with zero attached hydrogens (tertiary/aromatic N) is 1. The lowest BCUT2D eigenvalue weighted by molar-refractivity contribution is 0.112. The van der Waals surface area contributed by atoms with Crippen LogP contribution >= 0.6 is 11.6 Å². The molecule has 0 aromatic heterocycles. The Hall–Kier alpha value is -1.80. The number of aldehydes is 1. The highest BCUT2D eigenvalue weighted by Gasteiger charge is 2.21. The van der Waals surface area contributed by atoms with Gasteiger partial charge in [0.05, 0.1) is 5.69 Å². The monoisotopic (exact) mass is 257 g/mol. The molecule has 90 valence electrons. The Balaban J connectivity index is 2.10. The van der Waals surface area contributed by atoms with Crippen molar-refractivity contribution in [2.24, 2.45) is 0 Å². The van der Waals surface area contributed by atoms with Gasteiger partial charge in [-0.15, -0.1) is 0 Å². The maximum absolute atomic E-state index is 11.2. The molecule has 2 aromatic rings. The fourth-order valence-corrected chi connectivity index (χ4v) is 2.63. The number of hydrogen-bond donors (Lipinski definition) is 0. The minimum absolute atomic E-state index is 0.591. The topological polar surface area (TPSA) is 20.3 Å². The molecule has 1 aliphatic heterocycles. The molecule has 2 nitrogen and oxygen atoms in total. The molecule has 0 unspecified atom stereocenters. The molecule has 0 N–H and O–H groups in total. The molecular formula is C15H12ClNO. The van der Waals surface area contributed by atoms with E-state index in [1.54, 1.807) is 6.07 Å². The van der Waals surface area contributed by atoms with Gasteiger partial charge in [-0.1, -0.05) is 29.8 Å². The lowest BCUT2D eigenvalue weighted by atomic mass is 10.1. The number of hydrogen-bond acceptors (Lipinski definition) is 2. The molecule has 3 rings (SSSR count). The summed E-state index contributed by atoms with van der Waals surface area (Å²) < 4.78 is 0. The predicted molar refractivity (Wildman–Crippen MR) is 74.0 cm³/mol. The van der Waals surface area contributed by atoms with Crippen molar-refractivity contribution in [2.75, 3.05) is 11.4 Å². The number of carbonyl (C=O) groups is 1. The van der Waals surface area contributed by atoms with Crippen LogP contribution in [0.1, 0.15) is 15.9 Å². The van der Waals surface area contributed by atoms with Gasteiger partial charge in [0.2, 0.25) is 0 Å². The molecule has 0 atom stereocenters. The first-order valence-electron chi connectivity index (χ1n) is 5.90. The van der Waals surface area contributed by atoms with Crippen LogP contribution in [-0.2, 0) is 6.42 Å². The minimum Gasteiger partial charge on any atom is -0.340 e. The summed E-state index contributed by atoms with van der Waals surface area (Å²) >= 11 is 5.93. The maximum Gasteiger partial charge on any atom is 0.152 e. The van der Waals surface area contributed by atoms with Crippen molar-refractivity contribution < 1.29 is 4.79 Å². The van der Waals surface area contributed by atoms with Crippen molar-refractivity contribution in [2.45, 2.75) is 6.42 Å². The zero-order valence-electron chi connectivity index (χ0n) is 9.77. The smallest absolute Gasteiger partial charge is 0.152 e. The second kappa shape index (κ2) is 4.46. The van der Waals surface area contributed by atoms with Gasteiger partial charge in [-0.05, 0) is 36.2 Å². The molecule has 0 aliphatic carbocycles. The molecule has 3 heteroatoms. The highest BCUT2D eigenvalue weighted by Crippen LogP contribution is 2.36. The fourth-order valence-electron chi connectivity index (χ4n) is 2.45. The van der Waals surface area contributed by atoms with Crippen molar-refractivity contribution in [3.8, 4) is 0 Å². The predicted octanol–water partition coefficient (Wildman–Crippen LogP) is 3.85. The van der Waals surface area contributed by atoms with Crippen LogP contribution in [0.4, 0.5) is 11.4 Å². The van der Waals surface area contributed by atoms with Crippen LogP contribution in [0.25, 0.3) is 0 Å². The summed E-state index contributed by atoms with van der Waals surface area (Å²) in [4.78, 5) is 13.3. The quantitative estimate of drug-likeness (QED) is 0.762. The molecule has 0 bridgehead atoms. The van der Waals surface area contributed by atoms with Gasteiger partial charge >= 0.3 is 0 Å². The molecule has 0 spiro atoms. The highest BCUT2D eigenvalue weighted by atomic mass is 35.5. The van der Waals surface area contributed by atoms with Gasteiger partial charge in [-0.25, -0.2) is 0 Å². The van der Waals surface area contributed by atoms with Crippen LogP contribution in [0.5, 0.6) is 0 Å². The van der Waals surface area contributed by atoms with E-state index in [-0.39, 0.29) is 0 Å². The van der Waals surface area contributed by atoms with Gasteiger partial charge < -0.3 is 4.90 Å². The van der Waals surface area contributed by atoms with Crippen LogP contribution in [-0.4, -0.2) is 12.8 Å². The van der Waals surface area contributed by atoms with Gasteiger partial charge in [-0.3, -0.25) is 4.79 Å². The minimum atomic E-state index is 0.591. The van der Waals surface area contributed by atoms with Crippen molar-refractivity contribution in [3.05, 3.63) is 58.6 Å². The van der Waals surface area contributed by atoms with Crippen LogP contribution in [0.2, 0.25) is 5.02 Å². The van der Waals surface area contributed by atoms with Crippen molar-refractivity contribution in [3.63, 3.8) is 0 Å². The van der Waals surface area contributed by atoms with Gasteiger partial charge in [0.25, 0.3) is 0 Å². The maximum atomic E-state index is 11.2. The van der Waals surface area contributed by atoms with E-state index in [1.807, 2.05) is 24.3 Å². The highest BCUT2D eigenvalue weighted by molar-refractivity contribution is 6.31. The molecule has 0 saturated carbocycles. The number of carbonyl (C=O) groups excluding carboxylic acids is 1. The van der Waals surface area contributed by atoms with Crippen molar-refractivity contribution in [1.29, 1.82) is 0 Å². The van der Waals surface area contributed by atoms with E-state index in [0.29, 0.717) is 10.6 Å². The van der Waals surface area contributed by atoms with E-state index in [4.69, 9.17) is 11.6 Å². The Morgan fingerprint density at radius 2 is 1.94 bits per heavy atom. The number of anilines is 2. The summed E-state index contributed by atoms with van der Waals surface area (Å²) in [6.45, 7) is 0.905. The molecular weight excluding hydrogens is 246 g/mol. The first kappa shape index (κ1) is 11.3. The van der Waals surface area contributed by atoms with Gasteiger partial charge in [-0.2, -0.15) is 0 Å². The largest absolute Gasteiger partial charge is 0.340 e. The lowest BCUT2D eigenvalue weighted by Crippen LogP contribution is -2.15. The third kappa shape index (κ3) is 1.79. The molecule has 1 aliphatic rings. The summed E-state index contributed by atoms with van der Waals surface area (Å²) in [5.41, 5.74) is 4.07. The SMILES string of the molecule is O=Cc1cc(Cl)ccc1N1CCc2ccccc21. The number of fused-ring (bicyclic) bond motifs is 1. The van der Waals surface area contributed by atoms with Crippen LogP contribution in [0.3, 0.4) is 0 Å². The van der Waals surface area contributed by atoms with E-state index >= 15 is 0 Å². The summed E-state index contributed by atoms with van der Waals surface area (Å²) in [5, 5.41) is 0.591. The van der Waals surface area contributed by atoms with Crippen LogP contribution in [0.15, 0.2) is 42.5 Å². The van der Waals surface area contributed by atoms with Crippen LogP contribution in [0, 0.1) is 0 Å². The fraction of sp³-hybridized carbons (Fsp3) is 0.133. The number of para-hydroxylation sites is 1. The summed E-state index contributed by atoms with van der Waals surface area (Å²) in [7, 11) is 0. The normalized spacial score (nSPS) is 13.5. The third-order valence-corrected chi connectivity index (χ3v) is 3.53. The average Bonchev–Trinajstić information content (AvgIpc) is 2.82. The second-order valence-corrected chi connectivity index (χ2v) is 4.79. The standard InChI is InChI=1S/C15H12ClNO/c16-13-5-6-15(12(9-13)10-18)17-8-7-11-3-1-2-4-14(11)17/h1-6,9-10H,7-8H2. The number of rotatable bonds is 2. The van der Waals surface area contributed by atoms with E-state index in [0.717, 1.165) is 24.9 Å². The Bertz CT molecular complexity index is 609. The second-order valence-electron chi connectivity index (χ2n) is 4.35. The van der Waals surface area contributed by atoms with Gasteiger partial charge in [0.1, 0.15) is 0 Å². The summed E-state index contributed by atoms with van der Waals surface area (Å²) in [6.07, 6.45) is 1.87. The lowest BCUT2D eigenvalue weighted by Gasteiger charge is -2.21. The Morgan fingerprint density at radius 1 is 1.11 bits per heavy atom. The van der Waals surface area contributed by atoms with E-state index in [9.17, 15) is 4.79 Å². The Labute approximate surface area is 111 Å². The van der Waals surface area contributed by atoms with E-state index < -0.39 is 0 Å². The summed E-state index contributed by atoms with van der Waals surface area (Å²) in [5.74, 6) is 0. The van der Waals surface area contributed by atoms with E-state index in [1.165, 1.54) is 11.3 Å². The number of benzene rings is 2. The van der Waals surface area contributed by atoms with Crippen LogP contribution < -0.4 is 4.90 Å². The zero-order chi connectivity index (χ0) is 12.5. The van der Waals surface area contributed by atoms with Gasteiger partial charge in [0, 0.05) is 22.8 Å². The third-order valence-electron chi connectivity index (χ3n) is 3.29. The summed E-state index contributed by atoms with van der Waals surface area (Å²) in [6, 6.07) is 13.7. The molecule has 0 fully saturated rings. The molecule has 1 heterocycles. The Kier molecular flexibility index (Phi) is 2.80. The molecule has 0 amide bonds. The average molecular weight is 258 g/mol. The number of halogens is 1. The van der Waals surface area contributed by atoms with Crippen molar-refractivity contribution in [1.82, 2.24) is 0 Å². The molecule has 0 saturated heterocycles. The first-order valence-corrected chi connectivity index (χ1v) is 6.27.